The summed E-state index contributed by atoms with van der Waals surface area (Å²) in [5.74, 6) is -1.18. The molecule has 1 fully saturated rings. The molecular formula is C80H145NO10. The van der Waals surface area contributed by atoms with E-state index in [9.17, 15) is 35.1 Å². The predicted octanol–water partition coefficient (Wildman–Crippen LogP) is 20.6. The van der Waals surface area contributed by atoms with Crippen LogP contribution in [0.1, 0.15) is 361 Å². The van der Waals surface area contributed by atoms with Gasteiger partial charge in [-0.05, 0) is 96.3 Å². The Balaban J connectivity index is 2.49. The molecule has 0 aromatic rings. The van der Waals surface area contributed by atoms with Gasteiger partial charge in [-0.1, -0.05) is 331 Å². The van der Waals surface area contributed by atoms with E-state index < -0.39 is 67.4 Å². The smallest absolute Gasteiger partial charge is 0.306 e. The van der Waals surface area contributed by atoms with Gasteiger partial charge in [0, 0.05) is 6.42 Å². The van der Waals surface area contributed by atoms with Crippen LogP contribution in [-0.4, -0.2) is 99.6 Å². The molecule has 8 unspecified atom stereocenters. The zero-order valence-electron chi connectivity index (χ0n) is 59.2. The van der Waals surface area contributed by atoms with Crippen LogP contribution in [-0.2, 0) is 23.8 Å². The number of carbonyl (C=O) groups is 2. The minimum absolute atomic E-state index is 0.121. The number of hydrogen-bond donors (Lipinski definition) is 6. The molecule has 0 saturated carbocycles. The minimum atomic E-state index is -1.62. The van der Waals surface area contributed by atoms with Crippen LogP contribution in [0, 0.1) is 0 Å². The van der Waals surface area contributed by atoms with Gasteiger partial charge in [-0.3, -0.25) is 9.59 Å². The molecule has 91 heavy (non-hydrogen) atoms. The first-order valence-corrected chi connectivity index (χ1v) is 38.7. The second kappa shape index (κ2) is 67.1. The highest BCUT2D eigenvalue weighted by atomic mass is 16.7. The van der Waals surface area contributed by atoms with Gasteiger partial charge in [0.2, 0.25) is 5.91 Å². The van der Waals surface area contributed by atoms with Crippen molar-refractivity contribution in [3.63, 3.8) is 0 Å². The van der Waals surface area contributed by atoms with E-state index in [-0.39, 0.29) is 13.0 Å². The molecule has 0 spiro atoms. The number of nitrogens with one attached hydrogen (secondary N) is 1. The van der Waals surface area contributed by atoms with Crippen molar-refractivity contribution < 1.29 is 49.3 Å². The van der Waals surface area contributed by atoms with E-state index in [1.165, 1.54) is 238 Å². The van der Waals surface area contributed by atoms with Crippen LogP contribution in [0.2, 0.25) is 0 Å². The molecule has 11 nitrogen and oxygen atoms in total. The lowest BCUT2D eigenvalue weighted by Crippen LogP contribution is -2.61. The summed E-state index contributed by atoms with van der Waals surface area (Å²) in [6.45, 7) is 5.78. The van der Waals surface area contributed by atoms with E-state index in [2.05, 4.69) is 86.8 Å². The summed E-state index contributed by atoms with van der Waals surface area (Å²) in [5, 5.41) is 57.4. The molecule has 0 bridgehead atoms. The standard InChI is InChI=1S/C80H145NO10/c1-4-7-10-13-16-19-22-24-26-28-30-32-34-36-38-39-41-43-45-47-49-52-55-58-61-64-67-73(84)79(88)81-71(72(83)66-63-60-57-54-51-21-18-15-12-9-6-3)70-89-80-78(77(87)76(86)74(69-82)90-80)91-75(85)68-65-62-59-56-53-50-48-46-44-42-40-37-35-33-31-29-27-25-23-20-17-14-11-8-5-2/h16-17,19-20,24-27,31,33,63,66,71-74,76-78,80,82-84,86-87H,4-15,18,21-23,28-30,32,34-62,64-65,67-70H2,1-3H3,(H,81,88)/b19-16-,20-17-,26-24-,27-25-,33-31-,66-63+. The summed E-state index contributed by atoms with van der Waals surface area (Å²) in [4.78, 5) is 26.7. The Labute approximate surface area is 560 Å². The van der Waals surface area contributed by atoms with Crippen molar-refractivity contribution in [1.82, 2.24) is 5.32 Å². The summed E-state index contributed by atoms with van der Waals surface area (Å²) < 4.78 is 17.7. The number of ether oxygens (including phenoxy) is 3. The highest BCUT2D eigenvalue weighted by Gasteiger charge is 2.47. The van der Waals surface area contributed by atoms with Gasteiger partial charge in [-0.15, -0.1) is 0 Å². The molecule has 8 atom stereocenters. The zero-order chi connectivity index (χ0) is 66.0. The number of aliphatic hydroxyl groups excluding tert-OH is 5. The summed E-state index contributed by atoms with van der Waals surface area (Å²) in [6, 6.07) is -1.03. The molecular weight excluding hydrogens is 1130 g/mol. The number of esters is 1. The first kappa shape index (κ1) is 86.1. The first-order valence-electron chi connectivity index (χ1n) is 38.7. The molecule has 6 N–H and O–H groups in total. The third-order valence-electron chi connectivity index (χ3n) is 18.1. The second-order valence-electron chi connectivity index (χ2n) is 26.7. The van der Waals surface area contributed by atoms with Crippen molar-refractivity contribution in [3.05, 3.63) is 72.9 Å². The topological polar surface area (TPSA) is 175 Å². The van der Waals surface area contributed by atoms with Crippen molar-refractivity contribution in [1.29, 1.82) is 0 Å². The lowest BCUT2D eigenvalue weighted by molar-refractivity contribution is -0.305. The maximum Gasteiger partial charge on any atom is 0.306 e. The Morgan fingerprint density at radius 3 is 1.15 bits per heavy atom. The van der Waals surface area contributed by atoms with Crippen LogP contribution >= 0.6 is 0 Å². The van der Waals surface area contributed by atoms with Crippen molar-refractivity contribution in [2.45, 2.75) is 410 Å². The van der Waals surface area contributed by atoms with Crippen LogP contribution in [0.25, 0.3) is 0 Å². The van der Waals surface area contributed by atoms with Crippen LogP contribution in [0.4, 0.5) is 0 Å². The number of allylic oxidation sites excluding steroid dienone is 11. The van der Waals surface area contributed by atoms with Gasteiger partial charge in [0.05, 0.1) is 25.4 Å². The highest BCUT2D eigenvalue weighted by Crippen LogP contribution is 2.27. The molecule has 0 aromatic carbocycles. The molecule has 1 aliphatic rings. The van der Waals surface area contributed by atoms with Crippen molar-refractivity contribution in [2.75, 3.05) is 13.2 Å². The number of carbonyl (C=O) groups excluding carboxylic acids is 2. The summed E-state index contributed by atoms with van der Waals surface area (Å²) in [7, 11) is 0. The Morgan fingerprint density at radius 2 is 0.758 bits per heavy atom. The fraction of sp³-hybridized carbons (Fsp3) is 0.825. The van der Waals surface area contributed by atoms with Gasteiger partial charge in [0.15, 0.2) is 12.4 Å². The number of amides is 1. The van der Waals surface area contributed by atoms with Crippen molar-refractivity contribution >= 4 is 11.9 Å². The number of rotatable bonds is 67. The Hall–Kier alpha value is -2.90. The molecule has 0 radical (unpaired) electrons. The van der Waals surface area contributed by atoms with Gasteiger partial charge < -0.3 is 45.1 Å². The van der Waals surface area contributed by atoms with E-state index in [4.69, 9.17) is 14.2 Å². The van der Waals surface area contributed by atoms with E-state index in [1.54, 1.807) is 6.08 Å². The van der Waals surface area contributed by atoms with E-state index in [0.29, 0.717) is 19.3 Å². The maximum atomic E-state index is 13.5. The normalized spacial score (nSPS) is 18.4. The van der Waals surface area contributed by atoms with E-state index in [0.717, 1.165) is 77.0 Å². The van der Waals surface area contributed by atoms with Crippen LogP contribution in [0.15, 0.2) is 72.9 Å². The van der Waals surface area contributed by atoms with Crippen molar-refractivity contribution in [3.8, 4) is 0 Å². The predicted molar refractivity (Wildman–Crippen MR) is 384 cm³/mol. The lowest BCUT2D eigenvalue weighted by Gasteiger charge is -2.41. The Kier molecular flexibility index (Phi) is 63.5. The van der Waals surface area contributed by atoms with Gasteiger partial charge >= 0.3 is 5.97 Å². The first-order chi connectivity index (χ1) is 44.7. The number of unbranched alkanes of at least 4 members (excludes halogenated alkanes) is 43. The van der Waals surface area contributed by atoms with Crippen LogP contribution < -0.4 is 5.32 Å². The average Bonchev–Trinajstić information content (AvgIpc) is 1.13. The molecule has 1 saturated heterocycles. The van der Waals surface area contributed by atoms with E-state index in [1.807, 2.05) is 6.08 Å². The molecule has 1 heterocycles. The summed E-state index contributed by atoms with van der Waals surface area (Å²) in [6.07, 6.45) is 78.1. The maximum absolute atomic E-state index is 13.5. The van der Waals surface area contributed by atoms with Gasteiger partial charge in [0.25, 0.3) is 0 Å². The average molecular weight is 1280 g/mol. The highest BCUT2D eigenvalue weighted by molar-refractivity contribution is 5.80. The zero-order valence-corrected chi connectivity index (χ0v) is 59.2. The Morgan fingerprint density at radius 1 is 0.429 bits per heavy atom. The van der Waals surface area contributed by atoms with Crippen LogP contribution in [0.5, 0.6) is 0 Å². The van der Waals surface area contributed by atoms with Gasteiger partial charge in [0.1, 0.15) is 24.4 Å². The fourth-order valence-electron chi connectivity index (χ4n) is 12.0. The summed E-state index contributed by atoms with van der Waals surface area (Å²) in [5.41, 5.74) is 0. The SMILES string of the molecule is CCCCC/C=C\C/C=C\C/C=C\CCCCCCCCCCCCCCC(=O)OC1C(OCC(NC(=O)C(O)CCCCCCCCCCCCCCCCCC/C=C\C/C=C\CCCCC)C(O)/C=C/CCCCCCCCCCC)OC(CO)C(O)C1O. The lowest BCUT2D eigenvalue weighted by atomic mass is 9.99. The second-order valence-corrected chi connectivity index (χ2v) is 26.7. The monoisotopic (exact) mass is 1280 g/mol. The third-order valence-corrected chi connectivity index (χ3v) is 18.1. The Bertz CT molecular complexity index is 1760. The number of aliphatic hydroxyl groups is 5. The molecule has 11 heteroatoms. The summed E-state index contributed by atoms with van der Waals surface area (Å²) >= 11 is 0. The quantitative estimate of drug-likeness (QED) is 0.0195. The largest absolute Gasteiger partial charge is 0.454 e. The molecule has 0 aromatic heterocycles. The number of hydrogen-bond acceptors (Lipinski definition) is 10. The molecule has 0 aliphatic carbocycles. The molecule has 1 rings (SSSR count). The van der Waals surface area contributed by atoms with Gasteiger partial charge in [-0.25, -0.2) is 0 Å². The van der Waals surface area contributed by atoms with Crippen LogP contribution in [0.3, 0.4) is 0 Å². The molecule has 1 amide bonds. The minimum Gasteiger partial charge on any atom is -0.454 e. The van der Waals surface area contributed by atoms with E-state index >= 15 is 0 Å². The molecule has 530 valence electrons. The fourth-order valence-corrected chi connectivity index (χ4v) is 12.0. The molecule has 1 aliphatic heterocycles. The third kappa shape index (κ3) is 54.0. The van der Waals surface area contributed by atoms with Crippen molar-refractivity contribution in [2.24, 2.45) is 0 Å². The van der Waals surface area contributed by atoms with Gasteiger partial charge in [-0.2, -0.15) is 0 Å².